The molecule has 22 heavy (non-hydrogen) atoms. The van der Waals surface area contributed by atoms with Gasteiger partial charge in [-0.2, -0.15) is 0 Å². The summed E-state index contributed by atoms with van der Waals surface area (Å²) in [6, 6.07) is 5.09. The van der Waals surface area contributed by atoms with E-state index in [-0.39, 0.29) is 5.91 Å². The first-order chi connectivity index (χ1) is 10.5. The lowest BCUT2D eigenvalue weighted by molar-refractivity contribution is -0.111. The lowest BCUT2D eigenvalue weighted by Gasteiger charge is -2.10. The third-order valence-electron chi connectivity index (χ3n) is 3.04. The molecule has 0 saturated heterocycles. The first kappa shape index (κ1) is 15.9. The van der Waals surface area contributed by atoms with Gasteiger partial charge in [0, 0.05) is 17.1 Å². The van der Waals surface area contributed by atoms with Crippen LogP contribution in [0.5, 0.6) is 0 Å². The fourth-order valence-corrected chi connectivity index (χ4v) is 2.48. The number of methoxy groups -OCH3 is 1. The molecule has 2 aromatic rings. The zero-order valence-electron chi connectivity index (χ0n) is 12.5. The number of hydrogen-bond donors (Lipinski definition) is 1. The number of carbonyl (C=O) groups excluding carboxylic acids is 2. The smallest absolute Gasteiger partial charge is 0.338 e. The molecule has 0 aliphatic carbocycles. The van der Waals surface area contributed by atoms with Crippen LogP contribution in [0.2, 0.25) is 0 Å². The third-order valence-corrected chi connectivity index (χ3v) is 3.83. The molecule has 0 spiro atoms. The Morgan fingerprint density at radius 2 is 2.09 bits per heavy atom. The van der Waals surface area contributed by atoms with Crippen molar-refractivity contribution in [3.05, 3.63) is 51.5 Å². The molecular weight excluding hydrogens is 300 g/mol. The Bertz CT molecular complexity index is 735. The number of nitrogens with one attached hydrogen (secondary N) is 1. The summed E-state index contributed by atoms with van der Waals surface area (Å²) >= 11 is 1.52. The van der Waals surface area contributed by atoms with Crippen molar-refractivity contribution in [3.8, 4) is 0 Å². The van der Waals surface area contributed by atoms with Crippen LogP contribution in [-0.4, -0.2) is 24.0 Å². The number of anilines is 1. The summed E-state index contributed by atoms with van der Waals surface area (Å²) in [7, 11) is 1.33. The van der Waals surface area contributed by atoms with E-state index in [4.69, 9.17) is 4.74 Å². The van der Waals surface area contributed by atoms with Crippen LogP contribution in [0.1, 0.15) is 26.6 Å². The van der Waals surface area contributed by atoms with E-state index in [2.05, 4.69) is 10.3 Å². The van der Waals surface area contributed by atoms with E-state index < -0.39 is 5.97 Å². The van der Waals surface area contributed by atoms with Crippen LogP contribution >= 0.6 is 11.3 Å². The van der Waals surface area contributed by atoms with Crippen molar-refractivity contribution in [1.29, 1.82) is 0 Å². The van der Waals surface area contributed by atoms with Gasteiger partial charge >= 0.3 is 5.97 Å². The van der Waals surface area contributed by atoms with Gasteiger partial charge in [-0.25, -0.2) is 9.78 Å². The molecule has 1 aromatic heterocycles. The van der Waals surface area contributed by atoms with Gasteiger partial charge in [0.25, 0.3) is 0 Å². The van der Waals surface area contributed by atoms with E-state index in [1.807, 2.05) is 12.3 Å². The van der Waals surface area contributed by atoms with E-state index in [9.17, 15) is 9.59 Å². The topological polar surface area (TPSA) is 68.3 Å². The first-order valence-electron chi connectivity index (χ1n) is 6.60. The van der Waals surface area contributed by atoms with E-state index in [1.54, 1.807) is 31.2 Å². The molecule has 0 fully saturated rings. The predicted octanol–water partition coefficient (Wildman–Crippen LogP) is 3.20. The highest BCUT2D eigenvalue weighted by Crippen LogP contribution is 2.19. The normalized spacial score (nSPS) is 10.7. The Balaban J connectivity index is 2.12. The van der Waals surface area contributed by atoms with Gasteiger partial charge in [-0.05, 0) is 37.6 Å². The van der Waals surface area contributed by atoms with Crippen molar-refractivity contribution in [1.82, 2.24) is 4.98 Å². The van der Waals surface area contributed by atoms with Gasteiger partial charge in [0.1, 0.15) is 0 Å². The molecule has 2 rings (SSSR count). The zero-order valence-corrected chi connectivity index (χ0v) is 13.4. The van der Waals surface area contributed by atoms with Crippen molar-refractivity contribution >= 4 is 35.0 Å². The Morgan fingerprint density at radius 1 is 1.32 bits per heavy atom. The minimum atomic E-state index is -0.429. The summed E-state index contributed by atoms with van der Waals surface area (Å²) in [5, 5.41) is 5.57. The van der Waals surface area contributed by atoms with Gasteiger partial charge in [-0.1, -0.05) is 6.07 Å². The Labute approximate surface area is 132 Å². The van der Waals surface area contributed by atoms with E-state index in [0.717, 1.165) is 10.7 Å². The number of aryl methyl sites for hydroxylation is 1. The van der Waals surface area contributed by atoms with Crippen molar-refractivity contribution in [3.63, 3.8) is 0 Å². The van der Waals surface area contributed by atoms with Crippen LogP contribution < -0.4 is 5.32 Å². The fourth-order valence-electron chi connectivity index (χ4n) is 1.89. The molecular formula is C16H16N2O3S. The number of amides is 1. The van der Waals surface area contributed by atoms with Crippen LogP contribution in [0.15, 0.2) is 29.7 Å². The number of hydrogen-bond acceptors (Lipinski definition) is 5. The minimum Gasteiger partial charge on any atom is -0.465 e. The van der Waals surface area contributed by atoms with E-state index >= 15 is 0 Å². The summed E-state index contributed by atoms with van der Waals surface area (Å²) in [6.07, 6.45) is 3.07. The predicted molar refractivity (Wildman–Crippen MR) is 87.0 cm³/mol. The average molecular weight is 316 g/mol. The molecule has 114 valence electrons. The van der Waals surface area contributed by atoms with Gasteiger partial charge in [-0.15, -0.1) is 11.3 Å². The van der Waals surface area contributed by atoms with Crippen LogP contribution in [0.3, 0.4) is 0 Å². The lowest BCUT2D eigenvalue weighted by Crippen LogP contribution is -2.11. The summed E-state index contributed by atoms with van der Waals surface area (Å²) < 4.78 is 4.71. The molecule has 0 unspecified atom stereocenters. The minimum absolute atomic E-state index is 0.282. The third kappa shape index (κ3) is 3.79. The summed E-state index contributed by atoms with van der Waals surface area (Å²) in [4.78, 5) is 27.8. The van der Waals surface area contributed by atoms with Crippen molar-refractivity contribution in [2.45, 2.75) is 13.8 Å². The second-order valence-electron chi connectivity index (χ2n) is 4.58. The number of aromatic nitrogens is 1. The summed E-state index contributed by atoms with van der Waals surface area (Å²) in [5.74, 6) is -0.710. The van der Waals surface area contributed by atoms with Crippen LogP contribution in [0, 0.1) is 13.8 Å². The number of benzene rings is 1. The number of rotatable bonds is 4. The Hall–Kier alpha value is -2.47. The largest absolute Gasteiger partial charge is 0.465 e. The second kappa shape index (κ2) is 7.00. The molecule has 5 nitrogen and oxygen atoms in total. The maximum absolute atomic E-state index is 12.0. The molecule has 6 heteroatoms. The molecule has 1 amide bonds. The van der Waals surface area contributed by atoms with Gasteiger partial charge in [-0.3, -0.25) is 4.79 Å². The van der Waals surface area contributed by atoms with Crippen molar-refractivity contribution in [2.24, 2.45) is 0 Å². The molecule has 0 atom stereocenters. The highest BCUT2D eigenvalue weighted by Gasteiger charge is 2.12. The molecule has 0 aliphatic heterocycles. The first-order valence-corrected chi connectivity index (χ1v) is 7.48. The van der Waals surface area contributed by atoms with Gasteiger partial charge in [0.15, 0.2) is 0 Å². The number of ether oxygens (including phenoxy) is 1. The molecule has 0 aliphatic rings. The number of nitrogens with zero attached hydrogens (tertiary/aromatic N) is 1. The standard InChI is InChI=1S/C16H16N2O3S/c1-10-13(16(20)21-3)5-4-6-14(10)18-15(19)8-7-12-9-22-11(2)17-12/h4-9H,1-3H3,(H,18,19)/b8-7+. The zero-order chi connectivity index (χ0) is 16.1. The maximum Gasteiger partial charge on any atom is 0.338 e. The lowest BCUT2D eigenvalue weighted by atomic mass is 10.1. The van der Waals surface area contributed by atoms with E-state index in [0.29, 0.717) is 16.8 Å². The van der Waals surface area contributed by atoms with E-state index in [1.165, 1.54) is 24.5 Å². The quantitative estimate of drug-likeness (QED) is 0.695. The van der Waals surface area contributed by atoms with Gasteiger partial charge < -0.3 is 10.1 Å². The van der Waals surface area contributed by atoms with Crippen molar-refractivity contribution < 1.29 is 14.3 Å². The Kier molecular flexibility index (Phi) is 5.06. The maximum atomic E-state index is 12.0. The second-order valence-corrected chi connectivity index (χ2v) is 5.65. The number of carbonyl (C=O) groups is 2. The monoisotopic (exact) mass is 316 g/mol. The highest BCUT2D eigenvalue weighted by molar-refractivity contribution is 7.09. The fraction of sp³-hybridized carbons (Fsp3) is 0.188. The Morgan fingerprint density at radius 3 is 2.73 bits per heavy atom. The molecule has 1 heterocycles. The molecule has 1 aromatic carbocycles. The highest BCUT2D eigenvalue weighted by atomic mass is 32.1. The van der Waals surface area contributed by atoms with Crippen LogP contribution in [0.25, 0.3) is 6.08 Å². The van der Waals surface area contributed by atoms with Crippen molar-refractivity contribution in [2.75, 3.05) is 12.4 Å². The van der Waals surface area contributed by atoms with Crippen LogP contribution in [0.4, 0.5) is 5.69 Å². The number of esters is 1. The van der Waals surface area contributed by atoms with Gasteiger partial charge in [0.05, 0.1) is 23.4 Å². The SMILES string of the molecule is COC(=O)c1cccc(NC(=O)/C=C/c2csc(C)n2)c1C. The summed E-state index contributed by atoms with van der Waals surface area (Å²) in [5.41, 5.74) is 2.42. The summed E-state index contributed by atoms with van der Waals surface area (Å²) in [6.45, 7) is 3.67. The molecule has 1 N–H and O–H groups in total. The van der Waals surface area contributed by atoms with Gasteiger partial charge in [0.2, 0.25) is 5.91 Å². The molecule has 0 saturated carbocycles. The average Bonchev–Trinajstić information content (AvgIpc) is 2.92. The van der Waals surface area contributed by atoms with Crippen LogP contribution in [-0.2, 0) is 9.53 Å². The molecule has 0 bridgehead atoms. The number of thiazole rings is 1. The molecule has 0 radical (unpaired) electrons.